The maximum Gasteiger partial charge on any atom is 0.168 e. The zero-order valence-corrected chi connectivity index (χ0v) is 13.4. The smallest absolute Gasteiger partial charge is 0.168 e. The molecule has 0 N–H and O–H groups in total. The van der Waals surface area contributed by atoms with Crippen molar-refractivity contribution in [2.75, 3.05) is 0 Å². The maximum absolute atomic E-state index is 4.33. The van der Waals surface area contributed by atoms with Crippen LogP contribution < -0.4 is 0 Å². The molecule has 2 aromatic carbocycles. The van der Waals surface area contributed by atoms with Crippen LogP contribution in [0.25, 0.3) is 28.2 Å². The minimum Gasteiger partial charge on any atom is -0.280 e. The van der Waals surface area contributed by atoms with Gasteiger partial charge < -0.3 is 0 Å². The standard InChI is InChI=1S/C20H19N3/c1-4-19(5-2)23-15(3)21-22-20(23)18-13-11-17(12-14-18)16-9-7-6-8-10-16/h4-14H,1H2,2-3H3/b19-5+. The average molecular weight is 301 g/mol. The summed E-state index contributed by atoms with van der Waals surface area (Å²) in [6, 6.07) is 18.7. The molecule has 0 saturated carbocycles. The van der Waals surface area contributed by atoms with E-state index in [1.54, 1.807) is 0 Å². The van der Waals surface area contributed by atoms with Gasteiger partial charge in [-0.1, -0.05) is 67.3 Å². The number of aryl methyl sites for hydroxylation is 1. The molecular formula is C20H19N3. The minimum absolute atomic E-state index is 0.829. The fraction of sp³-hybridized carbons (Fsp3) is 0.100. The van der Waals surface area contributed by atoms with E-state index >= 15 is 0 Å². The summed E-state index contributed by atoms with van der Waals surface area (Å²) in [6.45, 7) is 7.80. The van der Waals surface area contributed by atoms with Crippen molar-refractivity contribution in [3.8, 4) is 22.5 Å². The van der Waals surface area contributed by atoms with E-state index in [-0.39, 0.29) is 0 Å². The van der Waals surface area contributed by atoms with Crippen LogP contribution in [0.2, 0.25) is 0 Å². The van der Waals surface area contributed by atoms with E-state index < -0.39 is 0 Å². The molecule has 0 aliphatic rings. The van der Waals surface area contributed by atoms with Gasteiger partial charge in [-0.15, -0.1) is 10.2 Å². The second kappa shape index (κ2) is 6.44. The molecule has 0 unspecified atom stereocenters. The summed E-state index contributed by atoms with van der Waals surface area (Å²) in [4.78, 5) is 0. The number of benzene rings is 2. The Labute approximate surface area is 136 Å². The summed E-state index contributed by atoms with van der Waals surface area (Å²) >= 11 is 0. The molecule has 0 aliphatic carbocycles. The van der Waals surface area contributed by atoms with Gasteiger partial charge in [-0.25, -0.2) is 0 Å². The molecule has 1 heterocycles. The van der Waals surface area contributed by atoms with Crippen LogP contribution in [0, 0.1) is 6.92 Å². The molecular weight excluding hydrogens is 282 g/mol. The third-order valence-electron chi connectivity index (χ3n) is 3.84. The van der Waals surface area contributed by atoms with E-state index in [2.05, 4.69) is 53.2 Å². The molecule has 0 spiro atoms. The van der Waals surface area contributed by atoms with Crippen LogP contribution in [0.5, 0.6) is 0 Å². The highest BCUT2D eigenvalue weighted by atomic mass is 15.3. The number of nitrogens with zero attached hydrogens (tertiary/aromatic N) is 3. The van der Waals surface area contributed by atoms with Crippen LogP contribution in [0.3, 0.4) is 0 Å². The summed E-state index contributed by atoms with van der Waals surface area (Å²) in [6.07, 6.45) is 3.82. The van der Waals surface area contributed by atoms with Gasteiger partial charge in [0.1, 0.15) is 5.82 Å². The first-order valence-electron chi connectivity index (χ1n) is 7.61. The third-order valence-corrected chi connectivity index (χ3v) is 3.84. The van der Waals surface area contributed by atoms with Gasteiger partial charge in [-0.3, -0.25) is 4.57 Å². The molecule has 0 saturated heterocycles. The second-order valence-electron chi connectivity index (χ2n) is 5.27. The molecule has 23 heavy (non-hydrogen) atoms. The molecule has 3 aromatic rings. The summed E-state index contributed by atoms with van der Waals surface area (Å²) in [5.41, 5.74) is 4.41. The summed E-state index contributed by atoms with van der Waals surface area (Å²) < 4.78 is 2.02. The zero-order valence-electron chi connectivity index (χ0n) is 13.4. The number of hydrogen-bond donors (Lipinski definition) is 0. The van der Waals surface area contributed by atoms with Crippen LogP contribution in [-0.4, -0.2) is 14.8 Å². The second-order valence-corrected chi connectivity index (χ2v) is 5.27. The van der Waals surface area contributed by atoms with E-state index in [0.717, 1.165) is 22.9 Å². The van der Waals surface area contributed by atoms with Crippen molar-refractivity contribution in [2.45, 2.75) is 13.8 Å². The van der Waals surface area contributed by atoms with Gasteiger partial charge in [-0.05, 0) is 31.1 Å². The first-order valence-corrected chi connectivity index (χ1v) is 7.61. The Balaban J connectivity index is 2.03. The SMILES string of the molecule is C=C/C(=C\C)n1c(C)nnc1-c1ccc(-c2ccccc2)cc1. The van der Waals surface area contributed by atoms with Crippen molar-refractivity contribution in [1.82, 2.24) is 14.8 Å². The lowest BCUT2D eigenvalue weighted by molar-refractivity contribution is 0.992. The van der Waals surface area contributed by atoms with Gasteiger partial charge >= 0.3 is 0 Å². The molecule has 114 valence electrons. The fourth-order valence-corrected chi connectivity index (χ4v) is 2.64. The van der Waals surface area contributed by atoms with Crippen molar-refractivity contribution in [1.29, 1.82) is 0 Å². The predicted molar refractivity (Wildman–Crippen MR) is 95.8 cm³/mol. The highest BCUT2D eigenvalue weighted by Crippen LogP contribution is 2.26. The Kier molecular flexibility index (Phi) is 4.20. The Morgan fingerprint density at radius 1 is 0.913 bits per heavy atom. The van der Waals surface area contributed by atoms with Gasteiger partial charge in [0.15, 0.2) is 5.82 Å². The van der Waals surface area contributed by atoms with Crippen LogP contribution in [0.1, 0.15) is 12.7 Å². The quantitative estimate of drug-likeness (QED) is 0.637. The summed E-state index contributed by atoms with van der Waals surface area (Å²) in [5, 5.41) is 8.54. The van der Waals surface area contributed by atoms with Crippen molar-refractivity contribution in [2.24, 2.45) is 0 Å². The molecule has 1 aromatic heterocycles. The molecule has 0 amide bonds. The molecule has 0 radical (unpaired) electrons. The number of hydrogen-bond acceptors (Lipinski definition) is 2. The first kappa shape index (κ1) is 15.0. The van der Waals surface area contributed by atoms with E-state index in [4.69, 9.17) is 0 Å². The van der Waals surface area contributed by atoms with Crippen LogP contribution in [-0.2, 0) is 0 Å². The van der Waals surface area contributed by atoms with Crippen LogP contribution >= 0.6 is 0 Å². The van der Waals surface area contributed by atoms with Crippen molar-refractivity contribution < 1.29 is 0 Å². The molecule has 0 fully saturated rings. The van der Waals surface area contributed by atoms with Gasteiger partial charge in [-0.2, -0.15) is 0 Å². The van der Waals surface area contributed by atoms with Crippen molar-refractivity contribution in [3.63, 3.8) is 0 Å². The highest BCUT2D eigenvalue weighted by molar-refractivity contribution is 5.70. The van der Waals surface area contributed by atoms with Gasteiger partial charge in [0, 0.05) is 11.3 Å². The van der Waals surface area contributed by atoms with Gasteiger partial charge in [0.2, 0.25) is 0 Å². The van der Waals surface area contributed by atoms with E-state index in [9.17, 15) is 0 Å². The topological polar surface area (TPSA) is 30.7 Å². The van der Waals surface area contributed by atoms with E-state index in [0.29, 0.717) is 0 Å². The van der Waals surface area contributed by atoms with Crippen LogP contribution in [0.4, 0.5) is 0 Å². The Morgan fingerprint density at radius 2 is 1.52 bits per heavy atom. The van der Waals surface area contributed by atoms with Gasteiger partial charge in [0.05, 0.1) is 0 Å². The number of allylic oxidation sites excluding steroid dienone is 3. The maximum atomic E-state index is 4.33. The molecule has 3 heteroatoms. The Morgan fingerprint density at radius 3 is 2.13 bits per heavy atom. The molecule has 0 atom stereocenters. The Bertz CT molecular complexity index is 840. The highest BCUT2D eigenvalue weighted by Gasteiger charge is 2.12. The van der Waals surface area contributed by atoms with Crippen molar-refractivity contribution in [3.05, 3.63) is 79.2 Å². The molecule has 3 nitrogen and oxygen atoms in total. The third kappa shape index (κ3) is 2.86. The monoisotopic (exact) mass is 301 g/mol. The van der Waals surface area contributed by atoms with Crippen molar-refractivity contribution >= 4 is 5.70 Å². The lowest BCUT2D eigenvalue weighted by Gasteiger charge is -2.10. The van der Waals surface area contributed by atoms with E-state index in [1.807, 2.05) is 48.8 Å². The molecule has 3 rings (SSSR count). The lowest BCUT2D eigenvalue weighted by atomic mass is 10.0. The lowest BCUT2D eigenvalue weighted by Crippen LogP contribution is -2.00. The van der Waals surface area contributed by atoms with Crippen LogP contribution in [0.15, 0.2) is 73.3 Å². The fourth-order valence-electron chi connectivity index (χ4n) is 2.64. The molecule has 0 aliphatic heterocycles. The largest absolute Gasteiger partial charge is 0.280 e. The minimum atomic E-state index is 0.829. The predicted octanol–water partition coefficient (Wildman–Crippen LogP) is 4.97. The average Bonchev–Trinajstić information content (AvgIpc) is 2.99. The number of aromatic nitrogens is 3. The summed E-state index contributed by atoms with van der Waals surface area (Å²) in [7, 11) is 0. The Hall–Kier alpha value is -2.94. The zero-order chi connectivity index (χ0) is 16.2. The van der Waals surface area contributed by atoms with Gasteiger partial charge in [0.25, 0.3) is 0 Å². The number of rotatable bonds is 4. The van der Waals surface area contributed by atoms with E-state index in [1.165, 1.54) is 11.1 Å². The first-order chi connectivity index (χ1) is 11.2. The molecule has 0 bridgehead atoms. The normalized spacial score (nSPS) is 11.5. The summed E-state index contributed by atoms with van der Waals surface area (Å²) in [5.74, 6) is 1.68.